The fourth-order valence-electron chi connectivity index (χ4n) is 1.42. The molecular formula is C12H24O4. The van der Waals surface area contributed by atoms with Crippen LogP contribution in [0.25, 0.3) is 0 Å². The van der Waals surface area contributed by atoms with Crippen molar-refractivity contribution in [2.75, 3.05) is 0 Å². The van der Waals surface area contributed by atoms with Crippen molar-refractivity contribution in [1.29, 1.82) is 0 Å². The van der Waals surface area contributed by atoms with Crippen LogP contribution < -0.4 is 0 Å². The zero-order chi connectivity index (χ0) is 12.8. The van der Waals surface area contributed by atoms with Gasteiger partial charge in [-0.3, -0.25) is 4.79 Å². The molecule has 0 aliphatic rings. The highest BCUT2D eigenvalue weighted by atomic mass is 16.6. The van der Waals surface area contributed by atoms with Crippen molar-refractivity contribution in [3.05, 3.63) is 0 Å². The molecule has 0 aromatic heterocycles. The van der Waals surface area contributed by atoms with E-state index in [1.54, 1.807) is 20.8 Å². The standard InChI is InChI=1S/C12H24O4/c1-5-6-9(13)7-10(14)8-11(15)16-12(2,3)4/h9-10,13-14H,5-8H2,1-4H3/t9-,10+/m1/s1. The van der Waals surface area contributed by atoms with Gasteiger partial charge < -0.3 is 14.9 Å². The number of ether oxygens (including phenoxy) is 1. The molecule has 4 nitrogen and oxygen atoms in total. The van der Waals surface area contributed by atoms with E-state index >= 15 is 0 Å². The van der Waals surface area contributed by atoms with Gasteiger partial charge in [-0.1, -0.05) is 13.3 Å². The van der Waals surface area contributed by atoms with Crippen molar-refractivity contribution in [3.63, 3.8) is 0 Å². The van der Waals surface area contributed by atoms with Crippen LogP contribution in [-0.4, -0.2) is 34.0 Å². The number of carbonyl (C=O) groups excluding carboxylic acids is 1. The molecule has 0 amide bonds. The summed E-state index contributed by atoms with van der Waals surface area (Å²) >= 11 is 0. The number of aliphatic hydroxyl groups excluding tert-OH is 2. The monoisotopic (exact) mass is 232 g/mol. The molecule has 96 valence electrons. The molecule has 2 atom stereocenters. The first kappa shape index (κ1) is 15.4. The second kappa shape index (κ2) is 6.86. The molecule has 16 heavy (non-hydrogen) atoms. The Morgan fingerprint density at radius 3 is 2.25 bits per heavy atom. The summed E-state index contributed by atoms with van der Waals surface area (Å²) < 4.78 is 5.07. The Morgan fingerprint density at radius 1 is 1.25 bits per heavy atom. The second-order valence-corrected chi connectivity index (χ2v) is 5.12. The fraction of sp³-hybridized carbons (Fsp3) is 0.917. The zero-order valence-electron chi connectivity index (χ0n) is 10.7. The van der Waals surface area contributed by atoms with Crippen LogP contribution in [0.3, 0.4) is 0 Å². The molecule has 0 bridgehead atoms. The first-order valence-electron chi connectivity index (χ1n) is 5.82. The van der Waals surface area contributed by atoms with Crippen LogP contribution >= 0.6 is 0 Å². The SMILES string of the molecule is CCC[C@@H](O)C[C@H](O)CC(=O)OC(C)(C)C. The van der Waals surface area contributed by atoms with Crippen molar-refractivity contribution in [2.24, 2.45) is 0 Å². The minimum atomic E-state index is -0.823. The van der Waals surface area contributed by atoms with Gasteiger partial charge in [0.15, 0.2) is 0 Å². The molecule has 0 rings (SSSR count). The molecular weight excluding hydrogens is 208 g/mol. The third kappa shape index (κ3) is 8.68. The topological polar surface area (TPSA) is 66.8 Å². The number of hydrogen-bond acceptors (Lipinski definition) is 4. The summed E-state index contributed by atoms with van der Waals surface area (Å²) in [5.41, 5.74) is -0.529. The van der Waals surface area contributed by atoms with Crippen LogP contribution in [0, 0.1) is 0 Å². The Morgan fingerprint density at radius 2 is 1.81 bits per heavy atom. The lowest BCUT2D eigenvalue weighted by atomic mass is 10.1. The number of carbonyl (C=O) groups is 1. The second-order valence-electron chi connectivity index (χ2n) is 5.12. The van der Waals surface area contributed by atoms with Crippen LogP contribution in [0.5, 0.6) is 0 Å². The van der Waals surface area contributed by atoms with Gasteiger partial charge in [0, 0.05) is 0 Å². The molecule has 2 N–H and O–H groups in total. The Balaban J connectivity index is 3.87. The van der Waals surface area contributed by atoms with E-state index in [0.29, 0.717) is 6.42 Å². The van der Waals surface area contributed by atoms with E-state index in [1.807, 2.05) is 6.92 Å². The van der Waals surface area contributed by atoms with Crippen molar-refractivity contribution in [1.82, 2.24) is 0 Å². The third-order valence-corrected chi connectivity index (χ3v) is 1.99. The maximum atomic E-state index is 11.3. The minimum Gasteiger partial charge on any atom is -0.460 e. The Bertz CT molecular complexity index is 208. The summed E-state index contributed by atoms with van der Waals surface area (Å²) in [4.78, 5) is 11.3. The summed E-state index contributed by atoms with van der Waals surface area (Å²) in [5.74, 6) is -0.427. The molecule has 0 fully saturated rings. The average Bonchev–Trinajstić information content (AvgIpc) is 1.98. The van der Waals surface area contributed by atoms with Crippen molar-refractivity contribution < 1.29 is 19.7 Å². The van der Waals surface area contributed by atoms with Crippen LogP contribution in [0.1, 0.15) is 53.4 Å². The predicted molar refractivity (Wildman–Crippen MR) is 62.0 cm³/mol. The largest absolute Gasteiger partial charge is 0.460 e. The van der Waals surface area contributed by atoms with E-state index in [0.717, 1.165) is 6.42 Å². The summed E-state index contributed by atoms with van der Waals surface area (Å²) in [6, 6.07) is 0. The van der Waals surface area contributed by atoms with Gasteiger partial charge in [0.2, 0.25) is 0 Å². The van der Waals surface area contributed by atoms with Gasteiger partial charge in [-0.25, -0.2) is 0 Å². The van der Waals surface area contributed by atoms with E-state index in [4.69, 9.17) is 4.74 Å². The molecule has 0 saturated heterocycles. The van der Waals surface area contributed by atoms with Crippen molar-refractivity contribution in [2.45, 2.75) is 71.2 Å². The first-order chi connectivity index (χ1) is 7.24. The van der Waals surface area contributed by atoms with Crippen LogP contribution in [-0.2, 0) is 9.53 Å². The molecule has 0 aromatic carbocycles. The van der Waals surface area contributed by atoms with Gasteiger partial charge in [-0.2, -0.15) is 0 Å². The molecule has 0 radical (unpaired) electrons. The molecule has 0 heterocycles. The van der Waals surface area contributed by atoms with Gasteiger partial charge in [0.25, 0.3) is 0 Å². The third-order valence-electron chi connectivity index (χ3n) is 1.99. The van der Waals surface area contributed by atoms with Crippen LogP contribution in [0.4, 0.5) is 0 Å². The van der Waals surface area contributed by atoms with Gasteiger partial charge in [0.1, 0.15) is 5.60 Å². The lowest BCUT2D eigenvalue weighted by Gasteiger charge is -2.21. The number of hydrogen-bond donors (Lipinski definition) is 2. The quantitative estimate of drug-likeness (QED) is 0.683. The predicted octanol–water partition coefficient (Wildman–Crippen LogP) is 1.63. The Hall–Kier alpha value is -0.610. The van der Waals surface area contributed by atoms with Gasteiger partial charge in [-0.05, 0) is 33.6 Å². The van der Waals surface area contributed by atoms with E-state index in [-0.39, 0.29) is 12.8 Å². The molecule has 0 saturated carbocycles. The normalized spacial score (nSPS) is 15.6. The Kier molecular flexibility index (Phi) is 6.60. The fourth-order valence-corrected chi connectivity index (χ4v) is 1.42. The summed E-state index contributed by atoms with van der Waals surface area (Å²) in [7, 11) is 0. The average molecular weight is 232 g/mol. The zero-order valence-corrected chi connectivity index (χ0v) is 10.7. The number of esters is 1. The van der Waals surface area contributed by atoms with Crippen LogP contribution in [0.2, 0.25) is 0 Å². The van der Waals surface area contributed by atoms with E-state index in [2.05, 4.69) is 0 Å². The maximum absolute atomic E-state index is 11.3. The Labute approximate surface area is 97.6 Å². The maximum Gasteiger partial charge on any atom is 0.308 e. The first-order valence-corrected chi connectivity index (χ1v) is 5.82. The highest BCUT2D eigenvalue weighted by Crippen LogP contribution is 2.12. The highest BCUT2D eigenvalue weighted by Gasteiger charge is 2.20. The summed E-state index contributed by atoms with van der Waals surface area (Å²) in [6.07, 6.45) is 0.315. The summed E-state index contributed by atoms with van der Waals surface area (Å²) in [6.45, 7) is 7.30. The van der Waals surface area contributed by atoms with Crippen LogP contribution in [0.15, 0.2) is 0 Å². The molecule has 0 aliphatic heterocycles. The lowest BCUT2D eigenvalue weighted by molar-refractivity contribution is -0.157. The van der Waals surface area contributed by atoms with Gasteiger partial charge >= 0.3 is 5.97 Å². The summed E-state index contributed by atoms with van der Waals surface area (Å²) in [5, 5.41) is 19.0. The van der Waals surface area contributed by atoms with E-state index in [9.17, 15) is 15.0 Å². The highest BCUT2D eigenvalue weighted by molar-refractivity contribution is 5.70. The smallest absolute Gasteiger partial charge is 0.308 e. The van der Waals surface area contributed by atoms with Crippen molar-refractivity contribution in [3.8, 4) is 0 Å². The van der Waals surface area contributed by atoms with Crippen molar-refractivity contribution >= 4 is 5.97 Å². The molecule has 0 spiro atoms. The van der Waals surface area contributed by atoms with E-state index in [1.165, 1.54) is 0 Å². The number of aliphatic hydroxyl groups is 2. The molecule has 0 aromatic rings. The minimum absolute atomic E-state index is 0.0575. The van der Waals surface area contributed by atoms with Gasteiger partial charge in [-0.15, -0.1) is 0 Å². The van der Waals surface area contributed by atoms with E-state index < -0.39 is 23.8 Å². The molecule has 4 heteroatoms. The molecule has 0 unspecified atom stereocenters. The van der Waals surface area contributed by atoms with Gasteiger partial charge in [0.05, 0.1) is 18.6 Å². The molecule has 0 aliphatic carbocycles. The lowest BCUT2D eigenvalue weighted by Crippen LogP contribution is -2.28. The number of rotatable bonds is 6.